The molecule has 1 atom stereocenters. The van der Waals surface area contributed by atoms with Crippen molar-refractivity contribution in [3.63, 3.8) is 0 Å². The molecule has 3 N–H and O–H groups in total. The molecule has 1 aromatic carbocycles. The lowest BCUT2D eigenvalue weighted by molar-refractivity contribution is 0.0929. The summed E-state index contributed by atoms with van der Waals surface area (Å²) < 4.78 is 17.8. The maximum atomic E-state index is 12.9. The largest absolute Gasteiger partial charge is 0.396 e. The Labute approximate surface area is 100.0 Å². The van der Waals surface area contributed by atoms with E-state index in [0.29, 0.717) is 12.2 Å². The summed E-state index contributed by atoms with van der Waals surface area (Å²) in [4.78, 5) is 11.8. The molecule has 1 amide bonds. The van der Waals surface area contributed by atoms with Crippen LogP contribution >= 0.6 is 0 Å². The first-order chi connectivity index (χ1) is 8.04. The van der Waals surface area contributed by atoms with Gasteiger partial charge < -0.3 is 15.8 Å². The molecular weight excluding hydrogens is 223 g/mol. The number of rotatable bonds is 5. The average molecular weight is 240 g/mol. The third kappa shape index (κ3) is 4.03. The Morgan fingerprint density at radius 3 is 2.88 bits per heavy atom. The molecule has 0 aliphatic rings. The standard InChI is InChI=1S/C12H17FN2O2/c1-8(5-6-17-2)15-12(16)9-3-4-10(13)11(14)7-9/h3-4,7-8H,5-6,14H2,1-2H3,(H,15,16). The van der Waals surface area contributed by atoms with Crippen LogP contribution < -0.4 is 11.1 Å². The summed E-state index contributed by atoms with van der Waals surface area (Å²) in [6.45, 7) is 2.46. The molecular formula is C12H17FN2O2. The fourth-order valence-electron chi connectivity index (χ4n) is 1.36. The minimum absolute atomic E-state index is 0.00581. The maximum Gasteiger partial charge on any atom is 0.251 e. The van der Waals surface area contributed by atoms with Crippen LogP contribution in [0.4, 0.5) is 10.1 Å². The van der Waals surface area contributed by atoms with E-state index in [4.69, 9.17) is 10.5 Å². The summed E-state index contributed by atoms with van der Waals surface area (Å²) in [6, 6.07) is 3.91. The molecule has 94 valence electrons. The van der Waals surface area contributed by atoms with Crippen molar-refractivity contribution in [3.05, 3.63) is 29.6 Å². The van der Waals surface area contributed by atoms with Crippen molar-refractivity contribution < 1.29 is 13.9 Å². The number of nitrogen functional groups attached to an aromatic ring is 1. The number of benzene rings is 1. The average Bonchev–Trinajstić information content (AvgIpc) is 2.30. The van der Waals surface area contributed by atoms with Gasteiger partial charge >= 0.3 is 0 Å². The van der Waals surface area contributed by atoms with Gasteiger partial charge in [0.05, 0.1) is 5.69 Å². The summed E-state index contributed by atoms with van der Waals surface area (Å²) in [5.41, 5.74) is 5.72. The Morgan fingerprint density at radius 2 is 2.29 bits per heavy atom. The predicted octanol–water partition coefficient (Wildman–Crippen LogP) is 1.56. The summed E-state index contributed by atoms with van der Waals surface area (Å²) in [5.74, 6) is -0.783. The Hall–Kier alpha value is -1.62. The highest BCUT2D eigenvalue weighted by atomic mass is 19.1. The highest BCUT2D eigenvalue weighted by Crippen LogP contribution is 2.12. The van der Waals surface area contributed by atoms with Gasteiger partial charge in [-0.2, -0.15) is 0 Å². The number of halogens is 1. The van der Waals surface area contributed by atoms with Gasteiger partial charge in [-0.15, -0.1) is 0 Å². The summed E-state index contributed by atoms with van der Waals surface area (Å²) in [5, 5.41) is 2.78. The molecule has 0 saturated heterocycles. The quantitative estimate of drug-likeness (QED) is 0.768. The molecule has 0 bridgehead atoms. The second-order valence-electron chi connectivity index (χ2n) is 3.89. The molecule has 1 rings (SSSR count). The molecule has 0 saturated carbocycles. The molecule has 4 nitrogen and oxygen atoms in total. The highest BCUT2D eigenvalue weighted by Gasteiger charge is 2.11. The van der Waals surface area contributed by atoms with Gasteiger partial charge in [-0.1, -0.05) is 0 Å². The third-order valence-corrected chi connectivity index (χ3v) is 2.39. The molecule has 1 aromatic rings. The van der Waals surface area contributed by atoms with Crippen LogP contribution in [0, 0.1) is 5.82 Å². The van der Waals surface area contributed by atoms with Crippen LogP contribution in [-0.4, -0.2) is 25.7 Å². The Bertz CT molecular complexity index is 396. The number of ether oxygens (including phenoxy) is 1. The number of nitrogens with two attached hydrogens (primary N) is 1. The van der Waals surface area contributed by atoms with E-state index in [1.54, 1.807) is 7.11 Å². The number of methoxy groups -OCH3 is 1. The molecule has 5 heteroatoms. The van der Waals surface area contributed by atoms with Crippen molar-refractivity contribution in [2.45, 2.75) is 19.4 Å². The van der Waals surface area contributed by atoms with Crippen LogP contribution in [-0.2, 0) is 4.74 Å². The number of nitrogens with one attached hydrogen (secondary N) is 1. The van der Waals surface area contributed by atoms with Gasteiger partial charge in [0, 0.05) is 25.3 Å². The molecule has 0 aromatic heterocycles. The van der Waals surface area contributed by atoms with Crippen LogP contribution in [0.25, 0.3) is 0 Å². The van der Waals surface area contributed by atoms with Gasteiger partial charge in [0.25, 0.3) is 5.91 Å². The second kappa shape index (κ2) is 6.20. The molecule has 0 heterocycles. The number of hydrogen-bond donors (Lipinski definition) is 2. The molecule has 1 unspecified atom stereocenters. The van der Waals surface area contributed by atoms with Gasteiger partial charge in [-0.25, -0.2) is 4.39 Å². The van der Waals surface area contributed by atoms with E-state index in [-0.39, 0.29) is 17.6 Å². The molecule has 0 aliphatic carbocycles. The molecule has 0 fully saturated rings. The van der Waals surface area contributed by atoms with Gasteiger partial charge in [-0.05, 0) is 31.5 Å². The summed E-state index contributed by atoms with van der Waals surface area (Å²) >= 11 is 0. The third-order valence-electron chi connectivity index (χ3n) is 2.39. The number of hydrogen-bond acceptors (Lipinski definition) is 3. The smallest absolute Gasteiger partial charge is 0.251 e. The molecule has 0 aliphatic heterocycles. The minimum atomic E-state index is -0.519. The van der Waals surface area contributed by atoms with E-state index < -0.39 is 5.82 Å². The topological polar surface area (TPSA) is 64.3 Å². The number of carbonyl (C=O) groups is 1. The SMILES string of the molecule is COCCC(C)NC(=O)c1ccc(F)c(N)c1. The number of amides is 1. The molecule has 0 spiro atoms. The molecule has 17 heavy (non-hydrogen) atoms. The monoisotopic (exact) mass is 240 g/mol. The number of anilines is 1. The Kier molecular flexibility index (Phi) is 4.90. The summed E-state index contributed by atoms with van der Waals surface area (Å²) in [7, 11) is 1.61. The van der Waals surface area contributed by atoms with Gasteiger partial charge in [0.1, 0.15) is 5.82 Å². The first kappa shape index (κ1) is 13.4. The Morgan fingerprint density at radius 1 is 1.59 bits per heavy atom. The van der Waals surface area contributed by atoms with Crippen LogP contribution in [0.3, 0.4) is 0 Å². The molecule has 0 radical (unpaired) electrons. The normalized spacial score (nSPS) is 12.2. The van der Waals surface area contributed by atoms with E-state index in [1.165, 1.54) is 18.2 Å². The fourth-order valence-corrected chi connectivity index (χ4v) is 1.36. The van der Waals surface area contributed by atoms with Crippen LogP contribution in [0.5, 0.6) is 0 Å². The lowest BCUT2D eigenvalue weighted by Crippen LogP contribution is -2.33. The van der Waals surface area contributed by atoms with Crippen molar-refractivity contribution in [1.82, 2.24) is 5.32 Å². The zero-order chi connectivity index (χ0) is 12.8. The van der Waals surface area contributed by atoms with Crippen molar-refractivity contribution in [2.24, 2.45) is 0 Å². The lowest BCUT2D eigenvalue weighted by Gasteiger charge is -2.13. The van der Waals surface area contributed by atoms with E-state index in [1.807, 2.05) is 6.92 Å². The van der Waals surface area contributed by atoms with Gasteiger partial charge in [-0.3, -0.25) is 4.79 Å². The van der Waals surface area contributed by atoms with Crippen LogP contribution in [0.15, 0.2) is 18.2 Å². The van der Waals surface area contributed by atoms with Crippen molar-refractivity contribution in [2.75, 3.05) is 19.5 Å². The van der Waals surface area contributed by atoms with E-state index >= 15 is 0 Å². The van der Waals surface area contributed by atoms with E-state index in [2.05, 4.69) is 5.32 Å². The Balaban J connectivity index is 2.60. The maximum absolute atomic E-state index is 12.9. The highest BCUT2D eigenvalue weighted by molar-refractivity contribution is 5.95. The van der Waals surface area contributed by atoms with E-state index in [0.717, 1.165) is 6.42 Å². The van der Waals surface area contributed by atoms with Crippen molar-refractivity contribution in [1.29, 1.82) is 0 Å². The van der Waals surface area contributed by atoms with E-state index in [9.17, 15) is 9.18 Å². The van der Waals surface area contributed by atoms with Gasteiger partial charge in [0.2, 0.25) is 0 Å². The fraction of sp³-hybridized carbons (Fsp3) is 0.417. The zero-order valence-corrected chi connectivity index (χ0v) is 10.00. The first-order valence-corrected chi connectivity index (χ1v) is 5.39. The first-order valence-electron chi connectivity index (χ1n) is 5.39. The van der Waals surface area contributed by atoms with Crippen LogP contribution in [0.2, 0.25) is 0 Å². The van der Waals surface area contributed by atoms with Crippen molar-refractivity contribution in [3.8, 4) is 0 Å². The minimum Gasteiger partial charge on any atom is -0.396 e. The zero-order valence-electron chi connectivity index (χ0n) is 10.00. The second-order valence-corrected chi connectivity index (χ2v) is 3.89. The van der Waals surface area contributed by atoms with Gasteiger partial charge in [0.15, 0.2) is 0 Å². The number of carbonyl (C=O) groups excluding carboxylic acids is 1. The summed E-state index contributed by atoms with van der Waals surface area (Å²) in [6.07, 6.45) is 0.721. The van der Waals surface area contributed by atoms with Crippen molar-refractivity contribution >= 4 is 11.6 Å². The predicted molar refractivity (Wildman–Crippen MR) is 64.2 cm³/mol. The lowest BCUT2D eigenvalue weighted by atomic mass is 10.1. The van der Waals surface area contributed by atoms with Crippen LogP contribution in [0.1, 0.15) is 23.7 Å².